The number of benzene rings is 2. The second kappa shape index (κ2) is 7.25. The summed E-state index contributed by atoms with van der Waals surface area (Å²) in [6.45, 7) is 0. The largest absolute Gasteiger partial charge is 0.298 e. The van der Waals surface area contributed by atoms with Crippen LogP contribution in [0.4, 0.5) is 4.39 Å². The van der Waals surface area contributed by atoms with Gasteiger partial charge < -0.3 is 0 Å². The highest BCUT2D eigenvalue weighted by Crippen LogP contribution is 2.27. The van der Waals surface area contributed by atoms with Gasteiger partial charge in [0.05, 0.1) is 10.8 Å². The zero-order valence-electron chi connectivity index (χ0n) is 10.4. The molecule has 2 aromatic rings. The fourth-order valence-corrected chi connectivity index (χ4v) is 3.17. The number of carbonyl (C=O) groups excluding carboxylic acids is 1. The lowest BCUT2D eigenvalue weighted by Gasteiger charge is -2.05. The Balaban J connectivity index is 1.96. The van der Waals surface area contributed by atoms with E-state index in [2.05, 4.69) is 15.9 Å². The summed E-state index contributed by atoms with van der Waals surface area (Å²) in [5, 5.41) is 0.624. The van der Waals surface area contributed by atoms with E-state index in [-0.39, 0.29) is 23.8 Å². The van der Waals surface area contributed by atoms with Gasteiger partial charge in [-0.25, -0.2) is 4.39 Å². The van der Waals surface area contributed by atoms with Gasteiger partial charge in [-0.05, 0) is 35.9 Å². The van der Waals surface area contributed by atoms with Crippen LogP contribution in [0.3, 0.4) is 0 Å². The molecule has 5 heteroatoms. The molecule has 0 aromatic heterocycles. The van der Waals surface area contributed by atoms with Gasteiger partial charge in [0.25, 0.3) is 0 Å². The van der Waals surface area contributed by atoms with Gasteiger partial charge in [0.2, 0.25) is 0 Å². The SMILES string of the molecule is O=C(CSc1ccccc1Cl)Cc1cc(Br)ccc1F. The minimum Gasteiger partial charge on any atom is -0.298 e. The Hall–Kier alpha value is -0.840. The lowest BCUT2D eigenvalue weighted by Crippen LogP contribution is -2.07. The van der Waals surface area contributed by atoms with Crippen molar-refractivity contribution >= 4 is 45.1 Å². The number of hydrogen-bond donors (Lipinski definition) is 0. The predicted molar refractivity (Wildman–Crippen MR) is 85.0 cm³/mol. The highest BCUT2D eigenvalue weighted by atomic mass is 79.9. The molecule has 0 amide bonds. The minimum atomic E-state index is -0.357. The Morgan fingerprint density at radius 1 is 1.25 bits per heavy atom. The molecule has 0 saturated heterocycles. The lowest BCUT2D eigenvalue weighted by atomic mass is 10.1. The van der Waals surface area contributed by atoms with E-state index in [1.54, 1.807) is 18.2 Å². The molecule has 0 heterocycles. The van der Waals surface area contributed by atoms with Gasteiger partial charge in [-0.15, -0.1) is 11.8 Å². The number of Topliss-reactive ketones (excluding diaryl/α,β-unsaturated/α-hetero) is 1. The second-order valence-corrected chi connectivity index (χ2v) is 6.51. The van der Waals surface area contributed by atoms with Crippen LogP contribution in [-0.2, 0) is 11.2 Å². The first-order chi connectivity index (χ1) is 9.56. The Bertz CT molecular complexity index is 633. The fourth-order valence-electron chi connectivity index (χ4n) is 1.66. The standard InChI is InChI=1S/C15H11BrClFOS/c16-11-5-6-14(18)10(7-11)8-12(19)9-20-15-4-2-1-3-13(15)17/h1-7H,8-9H2. The van der Waals surface area contributed by atoms with Crippen molar-refractivity contribution in [1.82, 2.24) is 0 Å². The molecule has 0 atom stereocenters. The Morgan fingerprint density at radius 3 is 2.75 bits per heavy atom. The third-order valence-corrected chi connectivity index (χ3v) is 4.69. The molecule has 0 radical (unpaired) electrons. The Kier molecular flexibility index (Phi) is 5.64. The van der Waals surface area contributed by atoms with E-state index < -0.39 is 0 Å². The van der Waals surface area contributed by atoms with Crippen molar-refractivity contribution in [2.75, 3.05) is 5.75 Å². The highest BCUT2D eigenvalue weighted by molar-refractivity contribution is 9.10. The van der Waals surface area contributed by atoms with Gasteiger partial charge in [0, 0.05) is 15.8 Å². The number of rotatable bonds is 5. The van der Waals surface area contributed by atoms with E-state index in [0.29, 0.717) is 10.6 Å². The molecule has 0 aliphatic carbocycles. The minimum absolute atomic E-state index is 0.0353. The van der Waals surface area contributed by atoms with Gasteiger partial charge in [-0.2, -0.15) is 0 Å². The zero-order valence-corrected chi connectivity index (χ0v) is 13.6. The topological polar surface area (TPSA) is 17.1 Å². The molecule has 0 spiro atoms. The molecule has 0 aliphatic heterocycles. The van der Waals surface area contributed by atoms with Crippen LogP contribution in [0, 0.1) is 5.82 Å². The predicted octanol–water partition coefficient (Wildman–Crippen LogP) is 5.15. The van der Waals surface area contributed by atoms with Crippen molar-refractivity contribution in [3.63, 3.8) is 0 Å². The van der Waals surface area contributed by atoms with E-state index in [4.69, 9.17) is 11.6 Å². The normalized spacial score (nSPS) is 10.6. The number of hydrogen-bond acceptors (Lipinski definition) is 2. The summed E-state index contributed by atoms with van der Waals surface area (Å²) in [5.41, 5.74) is 0.407. The van der Waals surface area contributed by atoms with Crippen LogP contribution in [-0.4, -0.2) is 11.5 Å². The highest BCUT2D eigenvalue weighted by Gasteiger charge is 2.10. The molecular formula is C15H11BrClFOS. The van der Waals surface area contributed by atoms with E-state index >= 15 is 0 Å². The second-order valence-electron chi connectivity index (χ2n) is 4.17. The number of thioether (sulfide) groups is 1. The van der Waals surface area contributed by atoms with Crippen molar-refractivity contribution in [2.45, 2.75) is 11.3 Å². The number of halogens is 3. The smallest absolute Gasteiger partial charge is 0.147 e. The first-order valence-corrected chi connectivity index (χ1v) is 8.05. The summed E-state index contributed by atoms with van der Waals surface area (Å²) in [4.78, 5) is 12.8. The maximum absolute atomic E-state index is 13.6. The quantitative estimate of drug-likeness (QED) is 0.675. The van der Waals surface area contributed by atoms with Crippen LogP contribution in [0.5, 0.6) is 0 Å². The number of ketones is 1. The third-order valence-electron chi connectivity index (χ3n) is 2.62. The summed E-state index contributed by atoms with van der Waals surface area (Å²) < 4.78 is 14.3. The summed E-state index contributed by atoms with van der Waals surface area (Å²) in [5.74, 6) is -0.119. The van der Waals surface area contributed by atoms with E-state index in [9.17, 15) is 9.18 Å². The van der Waals surface area contributed by atoms with Gasteiger partial charge in [0.1, 0.15) is 11.6 Å². The maximum Gasteiger partial charge on any atom is 0.147 e. The van der Waals surface area contributed by atoms with Crippen LogP contribution >= 0.6 is 39.3 Å². The molecular weight excluding hydrogens is 363 g/mol. The van der Waals surface area contributed by atoms with Crippen molar-refractivity contribution in [2.24, 2.45) is 0 Å². The van der Waals surface area contributed by atoms with Crippen molar-refractivity contribution < 1.29 is 9.18 Å². The summed E-state index contributed by atoms with van der Waals surface area (Å²) >= 11 is 10.7. The van der Waals surface area contributed by atoms with Gasteiger partial charge in [0.15, 0.2) is 0 Å². The van der Waals surface area contributed by atoms with E-state index in [1.807, 2.05) is 18.2 Å². The molecule has 1 nitrogen and oxygen atoms in total. The average molecular weight is 374 g/mol. The average Bonchev–Trinajstić information content (AvgIpc) is 2.42. The monoisotopic (exact) mass is 372 g/mol. The molecule has 0 aliphatic rings. The molecule has 2 aromatic carbocycles. The van der Waals surface area contributed by atoms with Crippen LogP contribution in [0.2, 0.25) is 5.02 Å². The van der Waals surface area contributed by atoms with Crippen molar-refractivity contribution in [3.05, 3.63) is 63.3 Å². The first-order valence-electron chi connectivity index (χ1n) is 5.89. The lowest BCUT2D eigenvalue weighted by molar-refractivity contribution is -0.116. The first kappa shape index (κ1) is 15.5. The molecule has 0 bridgehead atoms. The van der Waals surface area contributed by atoms with Crippen LogP contribution < -0.4 is 0 Å². The van der Waals surface area contributed by atoms with Gasteiger partial charge in [-0.1, -0.05) is 39.7 Å². The van der Waals surface area contributed by atoms with Crippen molar-refractivity contribution in [3.8, 4) is 0 Å². The molecule has 2 rings (SSSR count). The van der Waals surface area contributed by atoms with E-state index in [1.165, 1.54) is 17.8 Å². The molecule has 20 heavy (non-hydrogen) atoms. The number of carbonyl (C=O) groups is 1. The van der Waals surface area contributed by atoms with Gasteiger partial charge >= 0.3 is 0 Å². The molecule has 0 saturated carbocycles. The molecule has 0 N–H and O–H groups in total. The molecule has 0 unspecified atom stereocenters. The van der Waals surface area contributed by atoms with E-state index in [0.717, 1.165) is 9.37 Å². The molecule has 104 valence electrons. The maximum atomic E-state index is 13.6. The Labute approximate surface area is 134 Å². The third kappa shape index (κ3) is 4.33. The molecule has 0 fully saturated rings. The van der Waals surface area contributed by atoms with Gasteiger partial charge in [-0.3, -0.25) is 4.79 Å². The summed E-state index contributed by atoms with van der Waals surface area (Å²) in [6, 6.07) is 11.9. The van der Waals surface area contributed by atoms with Crippen molar-refractivity contribution in [1.29, 1.82) is 0 Å². The fraction of sp³-hybridized carbons (Fsp3) is 0.133. The Morgan fingerprint density at radius 2 is 2.00 bits per heavy atom. The zero-order chi connectivity index (χ0) is 14.5. The summed E-state index contributed by atoms with van der Waals surface area (Å²) in [7, 11) is 0. The van der Waals surface area contributed by atoms with Crippen LogP contribution in [0.15, 0.2) is 51.8 Å². The van der Waals surface area contributed by atoms with Crippen LogP contribution in [0.25, 0.3) is 0 Å². The van der Waals surface area contributed by atoms with Crippen LogP contribution in [0.1, 0.15) is 5.56 Å². The summed E-state index contributed by atoms with van der Waals surface area (Å²) in [6.07, 6.45) is 0.0860.